The summed E-state index contributed by atoms with van der Waals surface area (Å²) < 4.78 is 0. The van der Waals surface area contributed by atoms with Crippen molar-refractivity contribution in [1.29, 1.82) is 0 Å². The van der Waals surface area contributed by atoms with Gasteiger partial charge in [-0.1, -0.05) is 72.3 Å². The predicted octanol–water partition coefficient (Wildman–Crippen LogP) is 4.05. The number of aryl methyl sites for hydroxylation is 1. The summed E-state index contributed by atoms with van der Waals surface area (Å²) in [6.45, 7) is 2.12. The minimum atomic E-state index is 1.28. The van der Waals surface area contributed by atoms with Gasteiger partial charge in [-0.3, -0.25) is 0 Å². The highest BCUT2D eigenvalue weighted by atomic mass is 31.1. The summed E-state index contributed by atoms with van der Waals surface area (Å²) in [7, 11) is 1.28. The molecular weight excluding hydrogens is 235 g/mol. The monoisotopic (exact) mass is 249 g/mol. The van der Waals surface area contributed by atoms with Crippen LogP contribution < -0.4 is 10.6 Å². The maximum atomic E-state index is 2.21. The summed E-state index contributed by atoms with van der Waals surface area (Å²) >= 11 is 0. The molecule has 0 nitrogen and oxygen atoms in total. The standard InChI is InChI=1S/C17H14P/c1-13-9-11-15(12-10-13)18-17-8-4-6-14-5-2-3-7-16(14)17/h2-12H,1H3. The van der Waals surface area contributed by atoms with Crippen LogP contribution in [0.4, 0.5) is 0 Å². The summed E-state index contributed by atoms with van der Waals surface area (Å²) in [4.78, 5) is 0. The maximum absolute atomic E-state index is 2.21. The van der Waals surface area contributed by atoms with Gasteiger partial charge in [0, 0.05) is 0 Å². The van der Waals surface area contributed by atoms with Gasteiger partial charge in [-0.05, 0) is 36.9 Å². The Kier molecular flexibility index (Phi) is 3.13. The van der Waals surface area contributed by atoms with E-state index < -0.39 is 0 Å². The molecule has 0 atom stereocenters. The second-order valence-corrected chi connectivity index (χ2v) is 5.67. The number of fused-ring (bicyclic) bond motifs is 1. The quantitative estimate of drug-likeness (QED) is 0.601. The van der Waals surface area contributed by atoms with E-state index in [0.717, 1.165) is 0 Å². The molecule has 3 rings (SSSR count). The van der Waals surface area contributed by atoms with Crippen molar-refractivity contribution in [2.24, 2.45) is 0 Å². The van der Waals surface area contributed by atoms with E-state index in [9.17, 15) is 0 Å². The largest absolute Gasteiger partial charge is 0.0616 e. The first-order chi connectivity index (χ1) is 8.83. The van der Waals surface area contributed by atoms with Crippen molar-refractivity contribution in [1.82, 2.24) is 0 Å². The topological polar surface area (TPSA) is 0 Å². The van der Waals surface area contributed by atoms with Crippen molar-refractivity contribution in [2.45, 2.75) is 6.92 Å². The molecule has 0 aliphatic carbocycles. The molecule has 0 bridgehead atoms. The van der Waals surface area contributed by atoms with Gasteiger partial charge in [0.1, 0.15) is 0 Å². The average Bonchev–Trinajstić information content (AvgIpc) is 2.42. The lowest BCUT2D eigenvalue weighted by Crippen LogP contribution is -2.04. The Labute approximate surface area is 109 Å². The molecule has 0 fully saturated rings. The molecule has 0 saturated heterocycles. The fraction of sp³-hybridized carbons (Fsp3) is 0.0588. The molecule has 1 heteroatoms. The SMILES string of the molecule is Cc1ccc([P]c2cccc3ccccc23)cc1. The third-order valence-electron chi connectivity index (χ3n) is 3.05. The minimum Gasteiger partial charge on any atom is -0.0616 e. The maximum Gasteiger partial charge on any atom is -0.00680 e. The van der Waals surface area contributed by atoms with E-state index in [4.69, 9.17) is 0 Å². The third-order valence-corrected chi connectivity index (χ3v) is 4.24. The van der Waals surface area contributed by atoms with Crippen LogP contribution in [0.15, 0.2) is 66.7 Å². The van der Waals surface area contributed by atoms with Crippen LogP contribution in [-0.2, 0) is 0 Å². The number of hydrogen-bond acceptors (Lipinski definition) is 0. The van der Waals surface area contributed by atoms with Gasteiger partial charge in [0.15, 0.2) is 0 Å². The van der Waals surface area contributed by atoms with Crippen molar-refractivity contribution in [3.05, 3.63) is 72.3 Å². The van der Waals surface area contributed by atoms with Gasteiger partial charge >= 0.3 is 0 Å². The Morgan fingerprint density at radius 3 is 2.28 bits per heavy atom. The van der Waals surface area contributed by atoms with Crippen LogP contribution >= 0.6 is 8.58 Å². The molecule has 3 aromatic carbocycles. The zero-order chi connectivity index (χ0) is 12.4. The Morgan fingerprint density at radius 1 is 0.722 bits per heavy atom. The highest BCUT2D eigenvalue weighted by Gasteiger charge is 2.02. The lowest BCUT2D eigenvalue weighted by Gasteiger charge is -2.06. The normalized spacial score (nSPS) is 11.4. The molecule has 0 aliphatic heterocycles. The first-order valence-corrected chi connectivity index (χ1v) is 6.98. The summed E-state index contributed by atoms with van der Waals surface area (Å²) in [5, 5.41) is 5.38. The summed E-state index contributed by atoms with van der Waals surface area (Å²) in [6.07, 6.45) is 0. The van der Waals surface area contributed by atoms with E-state index >= 15 is 0 Å². The molecule has 87 valence electrons. The predicted molar refractivity (Wildman–Crippen MR) is 81.3 cm³/mol. The van der Waals surface area contributed by atoms with Crippen LogP contribution in [0, 0.1) is 6.92 Å². The summed E-state index contributed by atoms with van der Waals surface area (Å²) in [5.41, 5.74) is 1.31. The number of benzene rings is 3. The molecule has 1 radical (unpaired) electrons. The van der Waals surface area contributed by atoms with Gasteiger partial charge in [-0.2, -0.15) is 0 Å². The van der Waals surface area contributed by atoms with E-state index in [0.29, 0.717) is 0 Å². The number of rotatable bonds is 2. The van der Waals surface area contributed by atoms with E-state index in [1.54, 1.807) is 0 Å². The summed E-state index contributed by atoms with van der Waals surface area (Å²) in [6, 6.07) is 23.9. The third kappa shape index (κ3) is 2.30. The van der Waals surface area contributed by atoms with Gasteiger partial charge in [-0.15, -0.1) is 0 Å². The molecule has 18 heavy (non-hydrogen) atoms. The van der Waals surface area contributed by atoms with Gasteiger partial charge in [0.05, 0.1) is 0 Å². The molecule has 0 saturated carbocycles. The second-order valence-electron chi connectivity index (χ2n) is 4.45. The smallest absolute Gasteiger partial charge is 0.00680 e. The van der Waals surface area contributed by atoms with E-state index in [1.807, 2.05) is 0 Å². The fourth-order valence-electron chi connectivity index (χ4n) is 2.06. The molecule has 3 aromatic rings. The second kappa shape index (κ2) is 4.92. The zero-order valence-electron chi connectivity index (χ0n) is 10.3. The Balaban J connectivity index is 2.02. The molecular formula is C17H14P. The van der Waals surface area contributed by atoms with E-state index in [2.05, 4.69) is 73.7 Å². The Morgan fingerprint density at radius 2 is 1.44 bits per heavy atom. The molecule has 0 aliphatic rings. The molecule has 0 heterocycles. The van der Waals surface area contributed by atoms with Crippen molar-refractivity contribution in [3.63, 3.8) is 0 Å². The van der Waals surface area contributed by atoms with Gasteiger partial charge in [-0.25, -0.2) is 0 Å². The molecule has 0 amide bonds. The fourth-order valence-corrected chi connectivity index (χ4v) is 3.13. The van der Waals surface area contributed by atoms with E-state index in [-0.39, 0.29) is 0 Å². The highest BCUT2D eigenvalue weighted by Crippen LogP contribution is 2.19. The van der Waals surface area contributed by atoms with E-state index in [1.165, 1.54) is 35.5 Å². The molecule has 0 unspecified atom stereocenters. The van der Waals surface area contributed by atoms with Gasteiger partial charge < -0.3 is 0 Å². The lowest BCUT2D eigenvalue weighted by atomic mass is 10.1. The minimum absolute atomic E-state index is 1.28. The van der Waals surface area contributed by atoms with Crippen LogP contribution in [0.2, 0.25) is 0 Å². The van der Waals surface area contributed by atoms with Crippen molar-refractivity contribution >= 4 is 30.0 Å². The van der Waals surface area contributed by atoms with Crippen LogP contribution in [0.25, 0.3) is 10.8 Å². The first kappa shape index (κ1) is 11.4. The van der Waals surface area contributed by atoms with Crippen LogP contribution in [0.5, 0.6) is 0 Å². The van der Waals surface area contributed by atoms with Gasteiger partial charge in [0.25, 0.3) is 0 Å². The number of hydrogen-bond donors (Lipinski definition) is 0. The highest BCUT2D eigenvalue weighted by molar-refractivity contribution is 7.56. The van der Waals surface area contributed by atoms with Crippen molar-refractivity contribution < 1.29 is 0 Å². The van der Waals surface area contributed by atoms with Crippen LogP contribution in [0.3, 0.4) is 0 Å². The van der Waals surface area contributed by atoms with Crippen molar-refractivity contribution in [3.8, 4) is 0 Å². The molecule has 0 spiro atoms. The Bertz CT molecular complexity index is 663. The van der Waals surface area contributed by atoms with Crippen LogP contribution in [0.1, 0.15) is 5.56 Å². The van der Waals surface area contributed by atoms with Gasteiger partial charge in [0.2, 0.25) is 0 Å². The lowest BCUT2D eigenvalue weighted by molar-refractivity contribution is 1.49. The molecule has 0 aromatic heterocycles. The summed E-state index contributed by atoms with van der Waals surface area (Å²) in [5.74, 6) is 0. The zero-order valence-corrected chi connectivity index (χ0v) is 11.2. The average molecular weight is 249 g/mol. The first-order valence-electron chi connectivity index (χ1n) is 6.09. The van der Waals surface area contributed by atoms with Crippen LogP contribution in [-0.4, -0.2) is 0 Å². The Hall–Kier alpha value is -1.65. The van der Waals surface area contributed by atoms with Crippen molar-refractivity contribution in [2.75, 3.05) is 0 Å². The molecule has 0 N–H and O–H groups in total.